The molecule has 7 heteroatoms. The number of nitrogens with one attached hydrogen (secondary N) is 2. The van der Waals surface area contributed by atoms with Crippen LogP contribution in [0.2, 0.25) is 0 Å². The molecule has 1 aliphatic heterocycles. The number of nitrogens with zero attached hydrogens (tertiary/aromatic N) is 2. The Bertz CT molecular complexity index is 933. The number of methoxy groups -OCH3 is 1. The molecule has 1 fully saturated rings. The summed E-state index contributed by atoms with van der Waals surface area (Å²) < 4.78 is 7.22. The summed E-state index contributed by atoms with van der Waals surface area (Å²) in [6.45, 7) is 0.951. The first kappa shape index (κ1) is 17.9. The minimum atomic E-state index is -0.0277. The van der Waals surface area contributed by atoms with E-state index < -0.39 is 0 Å². The lowest BCUT2D eigenvalue weighted by Crippen LogP contribution is -2.40. The molecular formula is C20H22N4O2S. The number of anilines is 1. The minimum absolute atomic E-state index is 0.0277. The van der Waals surface area contributed by atoms with E-state index in [1.807, 2.05) is 64.9 Å². The van der Waals surface area contributed by atoms with E-state index in [-0.39, 0.29) is 11.9 Å². The number of benzene rings is 2. The normalized spacial score (nSPS) is 17.0. The van der Waals surface area contributed by atoms with Crippen LogP contribution in [0.25, 0.3) is 16.7 Å². The van der Waals surface area contributed by atoms with Gasteiger partial charge in [-0.2, -0.15) is 11.8 Å². The van der Waals surface area contributed by atoms with Gasteiger partial charge >= 0.3 is 0 Å². The van der Waals surface area contributed by atoms with Crippen LogP contribution in [-0.4, -0.2) is 46.7 Å². The van der Waals surface area contributed by atoms with Gasteiger partial charge in [0.2, 0.25) is 11.9 Å². The van der Waals surface area contributed by atoms with E-state index in [0.717, 1.165) is 40.5 Å². The molecule has 140 valence electrons. The summed E-state index contributed by atoms with van der Waals surface area (Å²) in [6, 6.07) is 15.8. The lowest BCUT2D eigenvalue weighted by Gasteiger charge is -2.22. The first-order valence-corrected chi connectivity index (χ1v) is 10.1. The second-order valence-electron chi connectivity index (χ2n) is 6.44. The molecule has 0 radical (unpaired) electrons. The van der Waals surface area contributed by atoms with Gasteiger partial charge in [0.05, 0.1) is 18.1 Å². The van der Waals surface area contributed by atoms with Gasteiger partial charge in [0, 0.05) is 36.2 Å². The Hall–Kier alpha value is -2.51. The number of thioether (sulfide) groups is 1. The van der Waals surface area contributed by atoms with Crippen LogP contribution in [0.5, 0.6) is 5.75 Å². The van der Waals surface area contributed by atoms with Crippen molar-refractivity contribution in [2.75, 3.05) is 30.5 Å². The van der Waals surface area contributed by atoms with Gasteiger partial charge in [-0.05, 0) is 36.4 Å². The van der Waals surface area contributed by atoms with Gasteiger partial charge < -0.3 is 10.1 Å². The Labute approximate surface area is 162 Å². The Morgan fingerprint density at radius 1 is 1.30 bits per heavy atom. The molecule has 27 heavy (non-hydrogen) atoms. The largest absolute Gasteiger partial charge is 0.497 e. The maximum atomic E-state index is 12.6. The molecule has 0 saturated carbocycles. The molecule has 2 aromatic carbocycles. The third-order valence-electron chi connectivity index (χ3n) is 4.57. The number of ether oxygens (including phenoxy) is 1. The van der Waals surface area contributed by atoms with Crippen molar-refractivity contribution in [2.24, 2.45) is 0 Å². The molecule has 1 atom stereocenters. The minimum Gasteiger partial charge on any atom is -0.497 e. The summed E-state index contributed by atoms with van der Waals surface area (Å²) in [7, 11) is 1.64. The van der Waals surface area contributed by atoms with Crippen molar-refractivity contribution in [3.63, 3.8) is 0 Å². The van der Waals surface area contributed by atoms with E-state index >= 15 is 0 Å². The predicted octanol–water partition coefficient (Wildman–Crippen LogP) is 3.07. The van der Waals surface area contributed by atoms with Crippen molar-refractivity contribution in [3.8, 4) is 11.4 Å². The average molecular weight is 382 g/mol. The Morgan fingerprint density at radius 2 is 2.11 bits per heavy atom. The fourth-order valence-electron chi connectivity index (χ4n) is 3.25. The van der Waals surface area contributed by atoms with Crippen molar-refractivity contribution in [2.45, 2.75) is 12.5 Å². The first-order valence-electron chi connectivity index (χ1n) is 8.97. The molecular weight excluding hydrogens is 360 g/mol. The van der Waals surface area contributed by atoms with Gasteiger partial charge in [0.25, 0.3) is 0 Å². The van der Waals surface area contributed by atoms with Crippen LogP contribution >= 0.6 is 11.8 Å². The van der Waals surface area contributed by atoms with Crippen LogP contribution in [0, 0.1) is 0 Å². The van der Waals surface area contributed by atoms with E-state index in [1.165, 1.54) is 0 Å². The number of hydrogen-bond acceptors (Lipinski definition) is 5. The molecule has 1 amide bonds. The second kappa shape index (κ2) is 8.02. The molecule has 1 unspecified atom stereocenters. The van der Waals surface area contributed by atoms with Crippen LogP contribution in [0.1, 0.15) is 6.42 Å². The third-order valence-corrected chi connectivity index (χ3v) is 5.70. The van der Waals surface area contributed by atoms with Crippen molar-refractivity contribution in [1.29, 1.82) is 0 Å². The van der Waals surface area contributed by atoms with Crippen molar-refractivity contribution in [3.05, 3.63) is 48.5 Å². The van der Waals surface area contributed by atoms with Gasteiger partial charge in [0.15, 0.2) is 0 Å². The highest BCUT2D eigenvalue weighted by Crippen LogP contribution is 2.26. The van der Waals surface area contributed by atoms with E-state index in [4.69, 9.17) is 4.74 Å². The Balaban J connectivity index is 1.64. The summed E-state index contributed by atoms with van der Waals surface area (Å²) in [6.07, 6.45) is 0.443. The fraction of sp³-hybridized carbons (Fsp3) is 0.300. The summed E-state index contributed by atoms with van der Waals surface area (Å²) in [5, 5.41) is 6.41. The van der Waals surface area contributed by atoms with Crippen LogP contribution in [0.15, 0.2) is 48.5 Å². The van der Waals surface area contributed by atoms with Gasteiger partial charge in [0.1, 0.15) is 5.75 Å². The molecule has 6 nitrogen and oxygen atoms in total. The SMILES string of the molecule is COc1ccc(-n2c(NC(=O)CC3CSCCN3)nc3ccccc32)cc1. The van der Waals surface area contributed by atoms with Gasteiger partial charge in [-0.1, -0.05) is 12.1 Å². The zero-order valence-corrected chi connectivity index (χ0v) is 16.0. The number of fused-ring (bicyclic) bond motifs is 1. The molecule has 2 heterocycles. The smallest absolute Gasteiger partial charge is 0.228 e. The van der Waals surface area contributed by atoms with Gasteiger partial charge in [-0.25, -0.2) is 4.98 Å². The van der Waals surface area contributed by atoms with Gasteiger partial charge in [-0.3, -0.25) is 14.7 Å². The molecule has 1 aliphatic rings. The van der Waals surface area contributed by atoms with E-state index in [1.54, 1.807) is 7.11 Å². The molecule has 0 aliphatic carbocycles. The maximum absolute atomic E-state index is 12.6. The number of imidazole rings is 1. The van der Waals surface area contributed by atoms with Crippen molar-refractivity contribution < 1.29 is 9.53 Å². The van der Waals surface area contributed by atoms with Crippen LogP contribution in [0.3, 0.4) is 0 Å². The van der Waals surface area contributed by atoms with Crippen LogP contribution in [0.4, 0.5) is 5.95 Å². The van der Waals surface area contributed by atoms with Gasteiger partial charge in [-0.15, -0.1) is 0 Å². The summed E-state index contributed by atoms with van der Waals surface area (Å²) in [5.41, 5.74) is 2.71. The van der Waals surface area contributed by atoms with Crippen LogP contribution in [-0.2, 0) is 4.79 Å². The fourth-order valence-corrected chi connectivity index (χ4v) is 4.20. The number of hydrogen-bond donors (Lipinski definition) is 2. The zero-order valence-electron chi connectivity index (χ0n) is 15.1. The zero-order chi connectivity index (χ0) is 18.6. The quantitative estimate of drug-likeness (QED) is 0.710. The molecule has 0 spiro atoms. The van der Waals surface area contributed by atoms with E-state index in [2.05, 4.69) is 15.6 Å². The lowest BCUT2D eigenvalue weighted by atomic mass is 10.2. The number of rotatable bonds is 5. The topological polar surface area (TPSA) is 68.2 Å². The summed E-state index contributed by atoms with van der Waals surface area (Å²) in [5.74, 6) is 3.36. The highest BCUT2D eigenvalue weighted by atomic mass is 32.2. The number of amides is 1. The number of aromatic nitrogens is 2. The summed E-state index contributed by atoms with van der Waals surface area (Å²) >= 11 is 1.88. The van der Waals surface area contributed by atoms with Crippen molar-refractivity contribution >= 4 is 34.7 Å². The standard InChI is InChI=1S/C20H22N4O2S/c1-26-16-8-6-15(7-9-16)24-18-5-3-2-4-17(18)22-20(24)23-19(25)12-14-13-27-11-10-21-14/h2-9,14,21H,10-13H2,1H3,(H,22,23,25). The first-order chi connectivity index (χ1) is 13.2. The third kappa shape index (κ3) is 3.94. The highest BCUT2D eigenvalue weighted by molar-refractivity contribution is 7.99. The molecule has 0 bridgehead atoms. The van der Waals surface area contributed by atoms with Crippen molar-refractivity contribution in [1.82, 2.24) is 14.9 Å². The molecule has 3 aromatic rings. The Morgan fingerprint density at radius 3 is 2.85 bits per heavy atom. The Kier molecular flexibility index (Phi) is 5.31. The highest BCUT2D eigenvalue weighted by Gasteiger charge is 2.19. The predicted molar refractivity (Wildman–Crippen MR) is 110 cm³/mol. The lowest BCUT2D eigenvalue weighted by molar-refractivity contribution is -0.116. The average Bonchev–Trinajstić information content (AvgIpc) is 3.06. The molecule has 1 aromatic heterocycles. The summed E-state index contributed by atoms with van der Waals surface area (Å²) in [4.78, 5) is 17.2. The molecule has 2 N–H and O–H groups in total. The van der Waals surface area contributed by atoms with Crippen LogP contribution < -0.4 is 15.4 Å². The molecule has 4 rings (SSSR count). The monoisotopic (exact) mass is 382 g/mol. The second-order valence-corrected chi connectivity index (χ2v) is 7.59. The number of carbonyl (C=O) groups is 1. The number of para-hydroxylation sites is 2. The van der Waals surface area contributed by atoms with E-state index in [9.17, 15) is 4.79 Å². The number of carbonyl (C=O) groups excluding carboxylic acids is 1. The molecule has 1 saturated heterocycles. The maximum Gasteiger partial charge on any atom is 0.228 e. The van der Waals surface area contributed by atoms with E-state index in [0.29, 0.717) is 12.4 Å².